The zero-order chi connectivity index (χ0) is 14.0. The molecule has 2 rings (SSSR count). The van der Waals surface area contributed by atoms with Crippen LogP contribution in [0, 0.1) is 11.8 Å². The van der Waals surface area contributed by atoms with Gasteiger partial charge in [0.2, 0.25) is 0 Å². The quantitative estimate of drug-likeness (QED) is 0.669. The molecule has 1 aliphatic heterocycles. The summed E-state index contributed by atoms with van der Waals surface area (Å²) in [5.74, 6) is -0.336. The molecule has 19 heavy (non-hydrogen) atoms. The smallest absolute Gasteiger partial charge is 0.334 e. The van der Waals surface area contributed by atoms with Crippen LogP contribution in [0.4, 0.5) is 0 Å². The average Bonchev–Trinajstić information content (AvgIpc) is 2.64. The molecule has 0 bridgehead atoms. The van der Waals surface area contributed by atoms with Crippen molar-refractivity contribution in [3.63, 3.8) is 0 Å². The van der Waals surface area contributed by atoms with E-state index in [1.807, 2.05) is 30.3 Å². The fraction of sp³-hybridized carbons (Fsp3) is 0.438. The second kappa shape index (κ2) is 5.57. The Morgan fingerprint density at radius 1 is 1.32 bits per heavy atom. The Morgan fingerprint density at radius 3 is 2.53 bits per heavy atom. The van der Waals surface area contributed by atoms with E-state index < -0.39 is 6.10 Å². The number of cyclic esters (lactones) is 1. The largest absolute Gasteiger partial charge is 0.458 e. The summed E-state index contributed by atoms with van der Waals surface area (Å²) in [6.45, 7) is 7.93. The van der Waals surface area contributed by atoms with Crippen LogP contribution in [0.15, 0.2) is 42.5 Å². The number of aliphatic hydroxyl groups excluding tert-OH is 1. The predicted octanol–water partition coefficient (Wildman–Crippen LogP) is 2.86. The van der Waals surface area contributed by atoms with Gasteiger partial charge in [0.05, 0.1) is 12.0 Å². The molecular formula is C16H20O3. The Hall–Kier alpha value is -1.61. The van der Waals surface area contributed by atoms with Crippen molar-refractivity contribution >= 4 is 5.97 Å². The van der Waals surface area contributed by atoms with E-state index in [9.17, 15) is 9.90 Å². The molecule has 0 aliphatic carbocycles. The Bertz CT molecular complexity index is 464. The highest BCUT2D eigenvalue weighted by Gasteiger charge is 2.43. The minimum atomic E-state index is -0.746. The van der Waals surface area contributed by atoms with Gasteiger partial charge in [-0.2, -0.15) is 0 Å². The van der Waals surface area contributed by atoms with Crippen LogP contribution in [0.2, 0.25) is 0 Å². The van der Waals surface area contributed by atoms with Crippen LogP contribution in [-0.2, 0) is 9.53 Å². The van der Waals surface area contributed by atoms with Crippen LogP contribution >= 0.6 is 0 Å². The summed E-state index contributed by atoms with van der Waals surface area (Å²) in [7, 11) is 0. The van der Waals surface area contributed by atoms with Crippen molar-refractivity contribution in [2.75, 3.05) is 0 Å². The number of esters is 1. The van der Waals surface area contributed by atoms with E-state index in [0.29, 0.717) is 11.5 Å². The van der Waals surface area contributed by atoms with E-state index in [1.165, 1.54) is 0 Å². The first kappa shape index (κ1) is 13.8. The van der Waals surface area contributed by atoms with Crippen LogP contribution in [0.3, 0.4) is 0 Å². The van der Waals surface area contributed by atoms with Crippen LogP contribution in [0.25, 0.3) is 0 Å². The monoisotopic (exact) mass is 260 g/mol. The van der Waals surface area contributed by atoms with Crippen molar-refractivity contribution < 1.29 is 14.6 Å². The molecule has 1 aromatic carbocycles. The zero-order valence-corrected chi connectivity index (χ0v) is 11.4. The summed E-state index contributed by atoms with van der Waals surface area (Å²) < 4.78 is 5.34. The van der Waals surface area contributed by atoms with Gasteiger partial charge in [0.15, 0.2) is 0 Å². The molecule has 0 spiro atoms. The molecule has 3 nitrogen and oxygen atoms in total. The summed E-state index contributed by atoms with van der Waals surface area (Å²) in [5, 5.41) is 10.5. The lowest BCUT2D eigenvalue weighted by atomic mass is 9.84. The molecule has 1 saturated heterocycles. The third kappa shape index (κ3) is 2.87. The zero-order valence-electron chi connectivity index (χ0n) is 11.4. The molecule has 1 aromatic rings. The molecular weight excluding hydrogens is 240 g/mol. The van der Waals surface area contributed by atoms with Gasteiger partial charge in [-0.05, 0) is 17.9 Å². The average molecular weight is 260 g/mol. The lowest BCUT2D eigenvalue weighted by Crippen LogP contribution is -2.25. The van der Waals surface area contributed by atoms with E-state index in [1.54, 1.807) is 0 Å². The molecule has 0 radical (unpaired) electrons. The molecule has 0 aromatic heterocycles. The van der Waals surface area contributed by atoms with E-state index in [-0.39, 0.29) is 18.0 Å². The van der Waals surface area contributed by atoms with Crippen LogP contribution in [0.1, 0.15) is 31.9 Å². The molecule has 0 saturated carbocycles. The number of ether oxygens (including phenoxy) is 1. The number of carbonyl (C=O) groups is 1. The number of rotatable bonds is 4. The Balaban J connectivity index is 2.24. The summed E-state index contributed by atoms with van der Waals surface area (Å²) in [6, 6.07) is 9.35. The predicted molar refractivity (Wildman–Crippen MR) is 73.4 cm³/mol. The molecule has 1 heterocycles. The molecule has 3 heteroatoms. The molecule has 1 N–H and O–H groups in total. The normalized spacial score (nSPS) is 24.6. The fourth-order valence-electron chi connectivity index (χ4n) is 2.56. The molecule has 0 amide bonds. The van der Waals surface area contributed by atoms with Crippen molar-refractivity contribution in [3.05, 3.63) is 48.0 Å². The first-order valence-corrected chi connectivity index (χ1v) is 6.63. The topological polar surface area (TPSA) is 46.5 Å². The van der Waals surface area contributed by atoms with Gasteiger partial charge in [0.1, 0.15) is 6.10 Å². The van der Waals surface area contributed by atoms with Gasteiger partial charge in [0.25, 0.3) is 0 Å². The highest BCUT2D eigenvalue weighted by Crippen LogP contribution is 2.39. The van der Waals surface area contributed by atoms with E-state index in [0.717, 1.165) is 12.0 Å². The Labute approximate surface area is 113 Å². The number of benzene rings is 1. The Kier molecular flexibility index (Phi) is 4.05. The highest BCUT2D eigenvalue weighted by atomic mass is 16.6. The number of carbonyl (C=O) groups excluding carboxylic acids is 1. The van der Waals surface area contributed by atoms with Crippen molar-refractivity contribution in [2.24, 2.45) is 11.8 Å². The first-order valence-electron chi connectivity index (χ1n) is 6.63. The summed E-state index contributed by atoms with van der Waals surface area (Å²) in [6.07, 6.45) is -0.293. The van der Waals surface area contributed by atoms with Crippen molar-refractivity contribution in [3.8, 4) is 0 Å². The van der Waals surface area contributed by atoms with Crippen molar-refractivity contribution in [1.82, 2.24) is 0 Å². The van der Waals surface area contributed by atoms with Crippen molar-refractivity contribution in [1.29, 1.82) is 0 Å². The minimum Gasteiger partial charge on any atom is -0.458 e. The summed E-state index contributed by atoms with van der Waals surface area (Å²) in [5.41, 5.74) is 1.17. The minimum absolute atomic E-state index is 0.282. The van der Waals surface area contributed by atoms with Gasteiger partial charge in [-0.25, -0.2) is 4.79 Å². The summed E-state index contributed by atoms with van der Waals surface area (Å²) >= 11 is 0. The first-order chi connectivity index (χ1) is 9.00. The maximum absolute atomic E-state index is 11.7. The van der Waals surface area contributed by atoms with Crippen LogP contribution in [0.5, 0.6) is 0 Å². The molecule has 1 fully saturated rings. The SMILES string of the molecule is C=C1C(=O)O[C@@H](CC(C)C)[C@@H]1[C@H](O)c1ccccc1. The van der Waals surface area contributed by atoms with E-state index in [4.69, 9.17) is 4.74 Å². The lowest BCUT2D eigenvalue weighted by Gasteiger charge is -2.24. The van der Waals surface area contributed by atoms with Gasteiger partial charge in [-0.3, -0.25) is 0 Å². The Morgan fingerprint density at radius 2 is 1.95 bits per heavy atom. The van der Waals surface area contributed by atoms with Crippen molar-refractivity contribution in [2.45, 2.75) is 32.5 Å². The summed E-state index contributed by atoms with van der Waals surface area (Å²) in [4.78, 5) is 11.7. The van der Waals surface area contributed by atoms with E-state index >= 15 is 0 Å². The lowest BCUT2D eigenvalue weighted by molar-refractivity contribution is -0.140. The number of hydrogen-bond donors (Lipinski definition) is 1. The standard InChI is InChI=1S/C16H20O3/c1-10(2)9-13-14(11(3)16(18)19-13)15(17)12-7-5-4-6-8-12/h4-8,10,13-15,17H,3,9H2,1-2H3/t13-,14+,15+/m0/s1. The third-order valence-electron chi connectivity index (χ3n) is 3.51. The van der Waals surface area contributed by atoms with Gasteiger partial charge in [-0.15, -0.1) is 0 Å². The maximum atomic E-state index is 11.7. The molecule has 0 unspecified atom stereocenters. The molecule has 3 atom stereocenters. The molecule has 102 valence electrons. The molecule has 1 aliphatic rings. The van der Waals surface area contributed by atoms with Gasteiger partial charge >= 0.3 is 5.97 Å². The second-order valence-electron chi connectivity index (χ2n) is 5.48. The number of hydrogen-bond acceptors (Lipinski definition) is 3. The maximum Gasteiger partial charge on any atom is 0.334 e. The van der Waals surface area contributed by atoms with Gasteiger partial charge < -0.3 is 9.84 Å². The van der Waals surface area contributed by atoms with Gasteiger partial charge in [-0.1, -0.05) is 50.8 Å². The van der Waals surface area contributed by atoms with Crippen LogP contribution in [-0.4, -0.2) is 17.2 Å². The van der Waals surface area contributed by atoms with Gasteiger partial charge in [0, 0.05) is 5.57 Å². The third-order valence-corrected chi connectivity index (χ3v) is 3.51. The fourth-order valence-corrected chi connectivity index (χ4v) is 2.56. The van der Waals surface area contributed by atoms with E-state index in [2.05, 4.69) is 20.4 Å². The van der Waals surface area contributed by atoms with Crippen LogP contribution < -0.4 is 0 Å². The number of aliphatic hydroxyl groups is 1. The highest BCUT2D eigenvalue weighted by molar-refractivity contribution is 5.91. The second-order valence-corrected chi connectivity index (χ2v) is 5.48.